The molecule has 1 aromatic rings. The number of rotatable bonds is 8. The summed E-state index contributed by atoms with van der Waals surface area (Å²) < 4.78 is 10.3. The molecule has 0 radical (unpaired) electrons. The van der Waals surface area contributed by atoms with Crippen LogP contribution in [0.25, 0.3) is 0 Å². The Kier molecular flexibility index (Phi) is 7.09. The topological polar surface area (TPSA) is 61.5 Å². The molecule has 0 bridgehead atoms. The Morgan fingerprint density at radius 3 is 2.40 bits per heavy atom. The van der Waals surface area contributed by atoms with Crippen molar-refractivity contribution in [2.45, 2.75) is 45.1 Å². The normalized spacial score (nSPS) is 13.6. The summed E-state index contributed by atoms with van der Waals surface area (Å²) >= 11 is 0. The average molecular weight is 279 g/mol. The van der Waals surface area contributed by atoms with E-state index in [2.05, 4.69) is 6.92 Å². The summed E-state index contributed by atoms with van der Waals surface area (Å²) in [4.78, 5) is 11.5. The molecule has 0 aliphatic rings. The van der Waals surface area contributed by atoms with E-state index in [0.717, 1.165) is 24.2 Å². The smallest absolute Gasteiger partial charge is 0.306 e. The predicted octanol–water partition coefficient (Wildman–Crippen LogP) is 2.86. The van der Waals surface area contributed by atoms with Crippen LogP contribution in [0.3, 0.4) is 0 Å². The maximum atomic E-state index is 11.5. The molecule has 2 N–H and O–H groups in total. The summed E-state index contributed by atoms with van der Waals surface area (Å²) in [6, 6.07) is 7.76. The fourth-order valence-electron chi connectivity index (χ4n) is 2.09. The number of nitrogens with two attached hydrogens (primary N) is 1. The minimum absolute atomic E-state index is 0.0207. The van der Waals surface area contributed by atoms with Crippen LogP contribution in [0.4, 0.5) is 0 Å². The lowest BCUT2D eigenvalue weighted by Crippen LogP contribution is -2.29. The van der Waals surface area contributed by atoms with Crippen molar-refractivity contribution in [3.05, 3.63) is 29.8 Å². The standard InChI is InChI=1S/C16H25NO3/c1-4-10-20-13-8-6-12(7-9-13)14(15(17)5-2)11-16(18)19-3/h6-9,14-15H,4-5,10-11,17H2,1-3H3. The lowest BCUT2D eigenvalue weighted by atomic mass is 9.87. The van der Waals surface area contributed by atoms with Gasteiger partial charge in [0.25, 0.3) is 0 Å². The lowest BCUT2D eigenvalue weighted by molar-refractivity contribution is -0.141. The summed E-state index contributed by atoms with van der Waals surface area (Å²) in [5.41, 5.74) is 7.18. The highest BCUT2D eigenvalue weighted by Gasteiger charge is 2.22. The number of carbonyl (C=O) groups is 1. The second-order valence-corrected chi connectivity index (χ2v) is 4.88. The van der Waals surface area contributed by atoms with Gasteiger partial charge in [0.2, 0.25) is 0 Å². The van der Waals surface area contributed by atoms with Gasteiger partial charge in [0.15, 0.2) is 0 Å². The fraction of sp³-hybridized carbons (Fsp3) is 0.562. The van der Waals surface area contributed by atoms with Crippen molar-refractivity contribution in [2.75, 3.05) is 13.7 Å². The highest BCUT2D eigenvalue weighted by Crippen LogP contribution is 2.26. The van der Waals surface area contributed by atoms with Crippen LogP contribution < -0.4 is 10.5 Å². The van der Waals surface area contributed by atoms with E-state index in [-0.39, 0.29) is 17.9 Å². The minimum Gasteiger partial charge on any atom is -0.494 e. The zero-order valence-electron chi connectivity index (χ0n) is 12.6. The maximum absolute atomic E-state index is 11.5. The van der Waals surface area contributed by atoms with Crippen LogP contribution in [0.15, 0.2) is 24.3 Å². The lowest BCUT2D eigenvalue weighted by Gasteiger charge is -2.22. The molecule has 0 aromatic heterocycles. The molecular formula is C16H25NO3. The van der Waals surface area contributed by atoms with Gasteiger partial charge in [-0.25, -0.2) is 0 Å². The third-order valence-electron chi connectivity index (χ3n) is 3.38. The first-order chi connectivity index (χ1) is 9.62. The SMILES string of the molecule is CCCOc1ccc(C(CC(=O)OC)C(N)CC)cc1. The third-order valence-corrected chi connectivity index (χ3v) is 3.38. The van der Waals surface area contributed by atoms with E-state index >= 15 is 0 Å². The summed E-state index contributed by atoms with van der Waals surface area (Å²) in [6.45, 7) is 4.80. The first-order valence-electron chi connectivity index (χ1n) is 7.17. The van der Waals surface area contributed by atoms with Crippen molar-refractivity contribution in [3.63, 3.8) is 0 Å². The van der Waals surface area contributed by atoms with E-state index in [9.17, 15) is 4.79 Å². The maximum Gasteiger partial charge on any atom is 0.306 e. The Balaban J connectivity index is 2.82. The number of hydrogen-bond donors (Lipinski definition) is 1. The quantitative estimate of drug-likeness (QED) is 0.743. The van der Waals surface area contributed by atoms with E-state index in [4.69, 9.17) is 15.2 Å². The molecule has 20 heavy (non-hydrogen) atoms. The number of carbonyl (C=O) groups excluding carboxylic acids is 1. The number of esters is 1. The van der Waals surface area contributed by atoms with E-state index in [1.165, 1.54) is 7.11 Å². The van der Waals surface area contributed by atoms with Gasteiger partial charge in [0.1, 0.15) is 5.75 Å². The molecule has 0 saturated carbocycles. The van der Waals surface area contributed by atoms with E-state index < -0.39 is 0 Å². The second-order valence-electron chi connectivity index (χ2n) is 4.88. The van der Waals surface area contributed by atoms with Crippen LogP contribution in [0.1, 0.15) is 44.6 Å². The van der Waals surface area contributed by atoms with E-state index in [1.807, 2.05) is 31.2 Å². The minimum atomic E-state index is -0.231. The molecule has 1 rings (SSSR count). The molecule has 2 atom stereocenters. The molecule has 4 nitrogen and oxygen atoms in total. The van der Waals surface area contributed by atoms with Gasteiger partial charge < -0.3 is 15.2 Å². The molecule has 0 heterocycles. The van der Waals surface area contributed by atoms with Crippen molar-refractivity contribution < 1.29 is 14.3 Å². The Hall–Kier alpha value is -1.55. The predicted molar refractivity (Wildman–Crippen MR) is 79.9 cm³/mol. The molecule has 0 amide bonds. The first kappa shape index (κ1) is 16.5. The van der Waals surface area contributed by atoms with Gasteiger partial charge in [-0.05, 0) is 30.5 Å². The highest BCUT2D eigenvalue weighted by atomic mass is 16.5. The molecule has 0 aliphatic heterocycles. The third kappa shape index (κ3) is 4.85. The van der Waals surface area contributed by atoms with Crippen molar-refractivity contribution >= 4 is 5.97 Å². The summed E-state index contributed by atoms with van der Waals surface area (Å²) in [5.74, 6) is 0.593. The Morgan fingerprint density at radius 2 is 1.90 bits per heavy atom. The van der Waals surface area contributed by atoms with Crippen LogP contribution in [0.5, 0.6) is 5.75 Å². The van der Waals surface area contributed by atoms with Gasteiger partial charge >= 0.3 is 5.97 Å². The molecule has 0 saturated heterocycles. The van der Waals surface area contributed by atoms with E-state index in [1.54, 1.807) is 0 Å². The molecule has 0 spiro atoms. The van der Waals surface area contributed by atoms with Crippen molar-refractivity contribution in [2.24, 2.45) is 5.73 Å². The molecule has 112 valence electrons. The molecule has 0 aliphatic carbocycles. The van der Waals surface area contributed by atoms with E-state index in [0.29, 0.717) is 13.0 Å². The number of hydrogen-bond acceptors (Lipinski definition) is 4. The fourth-order valence-corrected chi connectivity index (χ4v) is 2.09. The van der Waals surface area contributed by atoms with Gasteiger partial charge in [-0.1, -0.05) is 26.0 Å². The second kappa shape index (κ2) is 8.59. The molecule has 4 heteroatoms. The monoisotopic (exact) mass is 279 g/mol. The number of benzene rings is 1. The van der Waals surface area contributed by atoms with Crippen LogP contribution in [-0.4, -0.2) is 25.7 Å². The van der Waals surface area contributed by atoms with Crippen LogP contribution in [0.2, 0.25) is 0 Å². The molecule has 0 fully saturated rings. The molecule has 2 unspecified atom stereocenters. The number of methoxy groups -OCH3 is 1. The van der Waals surface area contributed by atoms with Gasteiger partial charge in [-0.3, -0.25) is 4.79 Å². The zero-order chi connectivity index (χ0) is 15.0. The van der Waals surface area contributed by atoms with Crippen LogP contribution in [0, 0.1) is 0 Å². The molecule has 1 aromatic carbocycles. The first-order valence-corrected chi connectivity index (χ1v) is 7.17. The van der Waals surface area contributed by atoms with Gasteiger partial charge in [-0.2, -0.15) is 0 Å². The van der Waals surface area contributed by atoms with Gasteiger partial charge in [0, 0.05) is 12.0 Å². The Morgan fingerprint density at radius 1 is 1.25 bits per heavy atom. The highest BCUT2D eigenvalue weighted by molar-refractivity contribution is 5.70. The summed E-state index contributed by atoms with van der Waals surface area (Å²) in [5, 5.41) is 0. The largest absolute Gasteiger partial charge is 0.494 e. The average Bonchev–Trinajstić information content (AvgIpc) is 2.50. The van der Waals surface area contributed by atoms with Crippen molar-refractivity contribution in [3.8, 4) is 5.75 Å². The van der Waals surface area contributed by atoms with Gasteiger partial charge in [-0.15, -0.1) is 0 Å². The Bertz CT molecular complexity index is 403. The molecular weight excluding hydrogens is 254 g/mol. The van der Waals surface area contributed by atoms with Gasteiger partial charge in [0.05, 0.1) is 20.1 Å². The van der Waals surface area contributed by atoms with Crippen LogP contribution >= 0.6 is 0 Å². The summed E-state index contributed by atoms with van der Waals surface area (Å²) in [7, 11) is 1.40. The van der Waals surface area contributed by atoms with Crippen molar-refractivity contribution in [1.82, 2.24) is 0 Å². The zero-order valence-corrected chi connectivity index (χ0v) is 12.6. The Labute approximate surface area is 121 Å². The summed E-state index contributed by atoms with van der Waals surface area (Å²) in [6.07, 6.45) is 2.10. The van der Waals surface area contributed by atoms with Crippen molar-refractivity contribution in [1.29, 1.82) is 0 Å². The number of ether oxygens (including phenoxy) is 2. The van der Waals surface area contributed by atoms with Crippen LogP contribution in [-0.2, 0) is 9.53 Å².